The summed E-state index contributed by atoms with van der Waals surface area (Å²) in [6.45, 7) is 1.80. The minimum Gasteiger partial charge on any atom is -0.330 e. The highest BCUT2D eigenvalue weighted by atomic mass is 35.5. The summed E-state index contributed by atoms with van der Waals surface area (Å²) >= 11 is 8.68. The van der Waals surface area contributed by atoms with Crippen molar-refractivity contribution in [3.05, 3.63) is 53.8 Å². The number of para-hydroxylation sites is 1. The molecule has 2 heterocycles. The van der Waals surface area contributed by atoms with Gasteiger partial charge in [-0.25, -0.2) is 4.98 Å². The van der Waals surface area contributed by atoms with Crippen LogP contribution in [0, 0.1) is 0 Å². The quantitative estimate of drug-likeness (QED) is 0.477. The standard InChI is InChI=1S/C16H14ClN5OS2/c1-10(14(23)20-12-8-5-9-18-13(12)17)24-16-22-21-15(25-16)19-11-6-3-2-4-7-11/h2-10H,1H3,(H,19,21)(H,20,23)/t10-/m0/s1. The van der Waals surface area contributed by atoms with Crippen LogP contribution < -0.4 is 10.6 Å². The Kier molecular flexibility index (Phi) is 5.85. The van der Waals surface area contributed by atoms with E-state index < -0.39 is 0 Å². The smallest absolute Gasteiger partial charge is 0.237 e. The summed E-state index contributed by atoms with van der Waals surface area (Å²) in [5.41, 5.74) is 1.43. The highest BCUT2D eigenvalue weighted by molar-refractivity contribution is 8.02. The molecule has 0 aliphatic carbocycles. The molecule has 0 saturated carbocycles. The Balaban J connectivity index is 1.58. The molecule has 9 heteroatoms. The number of hydrogen-bond donors (Lipinski definition) is 2. The Hall–Kier alpha value is -2.16. The molecule has 3 rings (SSSR count). The van der Waals surface area contributed by atoms with Crippen LogP contribution in [0.15, 0.2) is 53.0 Å². The van der Waals surface area contributed by atoms with Crippen molar-refractivity contribution in [2.45, 2.75) is 16.5 Å². The molecule has 6 nitrogen and oxygen atoms in total. The molecule has 0 unspecified atom stereocenters. The predicted molar refractivity (Wildman–Crippen MR) is 103 cm³/mol. The van der Waals surface area contributed by atoms with E-state index in [1.54, 1.807) is 25.3 Å². The second-order valence-corrected chi connectivity index (χ2v) is 7.88. The van der Waals surface area contributed by atoms with Crippen LogP contribution in [-0.2, 0) is 4.79 Å². The van der Waals surface area contributed by atoms with Crippen LogP contribution in [0.4, 0.5) is 16.5 Å². The average molecular weight is 392 g/mol. The summed E-state index contributed by atoms with van der Waals surface area (Å²) in [6.07, 6.45) is 1.57. The van der Waals surface area contributed by atoms with E-state index in [1.165, 1.54) is 23.1 Å². The fraction of sp³-hybridized carbons (Fsp3) is 0.125. The third-order valence-corrected chi connectivity index (χ3v) is 5.42. The normalized spacial score (nSPS) is 11.8. The van der Waals surface area contributed by atoms with Crippen molar-refractivity contribution < 1.29 is 4.79 Å². The number of rotatable bonds is 6. The largest absolute Gasteiger partial charge is 0.330 e. The maximum atomic E-state index is 12.3. The van der Waals surface area contributed by atoms with Crippen molar-refractivity contribution in [2.24, 2.45) is 0 Å². The molecule has 1 atom stereocenters. The first-order chi connectivity index (χ1) is 12.1. The first kappa shape index (κ1) is 17.7. The number of carbonyl (C=O) groups is 1. The van der Waals surface area contributed by atoms with Gasteiger partial charge in [-0.05, 0) is 31.2 Å². The van der Waals surface area contributed by atoms with Crippen molar-refractivity contribution in [3.63, 3.8) is 0 Å². The topological polar surface area (TPSA) is 79.8 Å². The Morgan fingerprint density at radius 1 is 1.20 bits per heavy atom. The molecule has 128 valence electrons. The fourth-order valence-electron chi connectivity index (χ4n) is 1.87. The predicted octanol–water partition coefficient (Wildman–Crippen LogP) is 4.45. The molecule has 1 amide bonds. The molecule has 1 aromatic carbocycles. The molecule has 25 heavy (non-hydrogen) atoms. The van der Waals surface area contributed by atoms with Gasteiger partial charge in [0.15, 0.2) is 9.49 Å². The summed E-state index contributed by atoms with van der Waals surface area (Å²) in [5.74, 6) is -0.173. The monoisotopic (exact) mass is 391 g/mol. The second-order valence-electron chi connectivity index (χ2n) is 4.96. The number of amides is 1. The summed E-state index contributed by atoms with van der Waals surface area (Å²) in [5, 5.41) is 14.7. The number of benzene rings is 1. The number of anilines is 3. The average Bonchev–Trinajstić information content (AvgIpc) is 3.04. The first-order valence-electron chi connectivity index (χ1n) is 7.35. The maximum absolute atomic E-state index is 12.3. The van der Waals surface area contributed by atoms with E-state index in [-0.39, 0.29) is 16.3 Å². The van der Waals surface area contributed by atoms with E-state index >= 15 is 0 Å². The number of hydrogen-bond acceptors (Lipinski definition) is 7. The first-order valence-corrected chi connectivity index (χ1v) is 9.43. The van der Waals surface area contributed by atoms with Gasteiger partial charge < -0.3 is 10.6 Å². The third kappa shape index (κ3) is 4.91. The van der Waals surface area contributed by atoms with Crippen LogP contribution in [0.25, 0.3) is 0 Å². The molecule has 0 radical (unpaired) electrons. The molecule has 2 N–H and O–H groups in total. The number of nitrogens with zero attached hydrogens (tertiary/aromatic N) is 3. The molecule has 0 fully saturated rings. The van der Waals surface area contributed by atoms with Gasteiger partial charge in [0.05, 0.1) is 10.9 Å². The lowest BCUT2D eigenvalue weighted by Crippen LogP contribution is -2.22. The maximum Gasteiger partial charge on any atom is 0.237 e. The van der Waals surface area contributed by atoms with Crippen LogP contribution in [0.1, 0.15) is 6.92 Å². The zero-order chi connectivity index (χ0) is 17.6. The van der Waals surface area contributed by atoms with Crippen LogP contribution in [0.5, 0.6) is 0 Å². The summed E-state index contributed by atoms with van der Waals surface area (Å²) in [6, 6.07) is 13.1. The number of nitrogens with one attached hydrogen (secondary N) is 2. The number of aromatic nitrogens is 3. The van der Waals surface area contributed by atoms with E-state index in [0.717, 1.165) is 5.69 Å². The number of pyridine rings is 1. The summed E-state index contributed by atoms with van der Waals surface area (Å²) in [4.78, 5) is 16.2. The molecular weight excluding hydrogens is 378 g/mol. The molecule has 0 bridgehead atoms. The lowest BCUT2D eigenvalue weighted by Gasteiger charge is -2.10. The molecule has 0 aliphatic rings. The zero-order valence-electron chi connectivity index (χ0n) is 13.1. The third-order valence-electron chi connectivity index (χ3n) is 3.10. The molecule has 0 aliphatic heterocycles. The van der Waals surface area contributed by atoms with E-state index in [2.05, 4.69) is 25.8 Å². The van der Waals surface area contributed by atoms with Crippen LogP contribution in [-0.4, -0.2) is 26.3 Å². The second kappa shape index (κ2) is 8.28. The van der Waals surface area contributed by atoms with E-state index in [1.807, 2.05) is 30.3 Å². The van der Waals surface area contributed by atoms with E-state index in [9.17, 15) is 4.79 Å². The van der Waals surface area contributed by atoms with E-state index in [4.69, 9.17) is 11.6 Å². The summed E-state index contributed by atoms with van der Waals surface area (Å²) < 4.78 is 0.707. The lowest BCUT2D eigenvalue weighted by atomic mass is 10.3. The highest BCUT2D eigenvalue weighted by Crippen LogP contribution is 2.31. The van der Waals surface area contributed by atoms with Crippen molar-refractivity contribution >= 4 is 57.1 Å². The summed E-state index contributed by atoms with van der Waals surface area (Å²) in [7, 11) is 0. The van der Waals surface area contributed by atoms with Crippen LogP contribution >= 0.6 is 34.7 Å². The highest BCUT2D eigenvalue weighted by Gasteiger charge is 2.18. The molecule has 3 aromatic rings. The van der Waals surface area contributed by atoms with Gasteiger partial charge in [-0.15, -0.1) is 10.2 Å². The molecule has 2 aromatic heterocycles. The number of thioether (sulfide) groups is 1. The molecular formula is C16H14ClN5OS2. The SMILES string of the molecule is C[C@H](Sc1nnc(Nc2ccccc2)s1)C(=O)Nc1cccnc1Cl. The van der Waals surface area contributed by atoms with Crippen LogP contribution in [0.3, 0.4) is 0 Å². The van der Waals surface area contributed by atoms with Crippen molar-refractivity contribution in [1.29, 1.82) is 0 Å². The number of halogens is 1. The molecule has 0 saturated heterocycles. The Morgan fingerprint density at radius 3 is 2.76 bits per heavy atom. The number of carbonyl (C=O) groups excluding carboxylic acids is 1. The van der Waals surface area contributed by atoms with Gasteiger partial charge >= 0.3 is 0 Å². The Labute approximate surface area is 158 Å². The lowest BCUT2D eigenvalue weighted by molar-refractivity contribution is -0.115. The minimum atomic E-state index is -0.353. The zero-order valence-corrected chi connectivity index (χ0v) is 15.5. The minimum absolute atomic E-state index is 0.173. The van der Waals surface area contributed by atoms with Gasteiger partial charge in [0.2, 0.25) is 11.0 Å². The van der Waals surface area contributed by atoms with Gasteiger partial charge in [0.1, 0.15) is 0 Å². The van der Waals surface area contributed by atoms with E-state index in [0.29, 0.717) is 15.2 Å². The Bertz CT molecular complexity index is 858. The van der Waals surface area contributed by atoms with Gasteiger partial charge in [0, 0.05) is 11.9 Å². The van der Waals surface area contributed by atoms with Crippen molar-refractivity contribution in [2.75, 3.05) is 10.6 Å². The van der Waals surface area contributed by atoms with Gasteiger partial charge in [-0.2, -0.15) is 0 Å². The van der Waals surface area contributed by atoms with Gasteiger partial charge in [0.25, 0.3) is 0 Å². The van der Waals surface area contributed by atoms with Crippen molar-refractivity contribution in [1.82, 2.24) is 15.2 Å². The Morgan fingerprint density at radius 2 is 2.00 bits per heavy atom. The van der Waals surface area contributed by atoms with Gasteiger partial charge in [-0.3, -0.25) is 4.79 Å². The van der Waals surface area contributed by atoms with Crippen LogP contribution in [0.2, 0.25) is 5.15 Å². The fourth-order valence-corrected chi connectivity index (χ4v) is 3.95. The van der Waals surface area contributed by atoms with Gasteiger partial charge in [-0.1, -0.05) is 52.9 Å². The van der Waals surface area contributed by atoms with Crippen molar-refractivity contribution in [3.8, 4) is 0 Å². The molecule has 0 spiro atoms.